The highest BCUT2D eigenvalue weighted by Gasteiger charge is 2.36. The van der Waals surface area contributed by atoms with Crippen LogP contribution < -0.4 is 0 Å². The molecule has 5 nitrogen and oxygen atoms in total. The Balaban J connectivity index is 2.22. The second kappa shape index (κ2) is 4.95. The van der Waals surface area contributed by atoms with Crippen LogP contribution in [0.15, 0.2) is 23.3 Å². The predicted molar refractivity (Wildman–Crippen MR) is 61.7 cm³/mol. The van der Waals surface area contributed by atoms with Gasteiger partial charge in [-0.3, -0.25) is 4.98 Å². The van der Waals surface area contributed by atoms with Gasteiger partial charge in [0.05, 0.1) is 6.61 Å². The molecule has 0 fully saturated rings. The molecule has 90 valence electrons. The maximum atomic E-state index is 11.7. The Morgan fingerprint density at radius 1 is 1.59 bits per heavy atom. The van der Waals surface area contributed by atoms with Crippen molar-refractivity contribution in [3.63, 3.8) is 0 Å². The third kappa shape index (κ3) is 2.27. The highest BCUT2D eigenvalue weighted by atomic mass is 16.5. The first-order valence-electron chi connectivity index (χ1n) is 5.49. The zero-order chi connectivity index (χ0) is 12.3. The maximum Gasteiger partial charge on any atom is 0.335 e. The van der Waals surface area contributed by atoms with Gasteiger partial charge in [0.1, 0.15) is 0 Å². The molecule has 0 radical (unpaired) electrons. The lowest BCUT2D eigenvalue weighted by molar-refractivity contribution is -0.146. The number of rotatable bonds is 3. The number of aromatic nitrogens is 1. The van der Waals surface area contributed by atoms with Crippen LogP contribution in [0.2, 0.25) is 0 Å². The largest absolute Gasteiger partial charge is 0.473 e. The van der Waals surface area contributed by atoms with Crippen LogP contribution in [0.3, 0.4) is 0 Å². The molecule has 5 heteroatoms. The van der Waals surface area contributed by atoms with E-state index in [4.69, 9.17) is 9.47 Å². The minimum atomic E-state index is -0.627. The van der Waals surface area contributed by atoms with E-state index in [0.29, 0.717) is 6.61 Å². The summed E-state index contributed by atoms with van der Waals surface area (Å²) in [6.07, 6.45) is 2.58. The molecule has 17 heavy (non-hydrogen) atoms. The number of aryl methyl sites for hydroxylation is 1. The average molecular weight is 234 g/mol. The van der Waals surface area contributed by atoms with E-state index in [0.717, 1.165) is 11.3 Å². The number of pyridine rings is 1. The molecule has 0 aromatic carbocycles. The van der Waals surface area contributed by atoms with Gasteiger partial charge >= 0.3 is 5.97 Å². The minimum absolute atomic E-state index is 0.337. The van der Waals surface area contributed by atoms with E-state index in [2.05, 4.69) is 9.98 Å². The molecule has 2 atom stereocenters. The molecule has 0 N–H and O–H groups in total. The lowest BCUT2D eigenvalue weighted by Crippen LogP contribution is -2.26. The first-order chi connectivity index (χ1) is 8.24. The summed E-state index contributed by atoms with van der Waals surface area (Å²) in [4.78, 5) is 19.9. The van der Waals surface area contributed by atoms with Gasteiger partial charge in [0.2, 0.25) is 0 Å². The van der Waals surface area contributed by atoms with E-state index in [1.54, 1.807) is 13.1 Å². The molecular formula is C12H14N2O3. The molecule has 1 aromatic heterocycles. The van der Waals surface area contributed by atoms with Gasteiger partial charge in [-0.25, -0.2) is 9.79 Å². The minimum Gasteiger partial charge on any atom is -0.473 e. The summed E-state index contributed by atoms with van der Waals surface area (Å²) in [6, 6.07) is 3.07. The van der Waals surface area contributed by atoms with Gasteiger partial charge in [0, 0.05) is 17.5 Å². The van der Waals surface area contributed by atoms with Crippen molar-refractivity contribution in [2.45, 2.75) is 26.0 Å². The van der Waals surface area contributed by atoms with Gasteiger partial charge in [0.25, 0.3) is 0 Å². The van der Waals surface area contributed by atoms with Crippen LogP contribution in [0.25, 0.3) is 0 Å². The Morgan fingerprint density at radius 3 is 3.12 bits per heavy atom. The number of carbonyl (C=O) groups excluding carboxylic acids is 1. The Labute approximate surface area is 99.5 Å². The van der Waals surface area contributed by atoms with Gasteiger partial charge in [-0.2, -0.15) is 0 Å². The highest BCUT2D eigenvalue weighted by Crippen LogP contribution is 2.29. The van der Waals surface area contributed by atoms with Crippen LogP contribution >= 0.6 is 0 Å². The standard InChI is InChI=1S/C12H14N2O3/c1-3-16-12(15)10-11(17-7-14-10)9-5-4-6-13-8(9)2/h4-7,10-11H,3H2,1-2H3/t10-,11+/m0/s1. The Hall–Kier alpha value is -1.91. The molecule has 0 spiro atoms. The zero-order valence-corrected chi connectivity index (χ0v) is 9.79. The molecular weight excluding hydrogens is 220 g/mol. The van der Waals surface area contributed by atoms with Crippen LogP contribution in [-0.4, -0.2) is 30.0 Å². The van der Waals surface area contributed by atoms with Gasteiger partial charge < -0.3 is 9.47 Å². The van der Waals surface area contributed by atoms with Crippen molar-refractivity contribution >= 4 is 12.4 Å². The summed E-state index contributed by atoms with van der Waals surface area (Å²) >= 11 is 0. The molecule has 1 aliphatic heterocycles. The Bertz CT molecular complexity index is 445. The lowest BCUT2D eigenvalue weighted by atomic mass is 10.0. The monoisotopic (exact) mass is 234 g/mol. The summed E-state index contributed by atoms with van der Waals surface area (Å²) in [5.74, 6) is -0.366. The van der Waals surface area contributed by atoms with Crippen molar-refractivity contribution in [3.05, 3.63) is 29.6 Å². The number of ether oxygens (including phenoxy) is 2. The van der Waals surface area contributed by atoms with E-state index in [1.165, 1.54) is 6.40 Å². The van der Waals surface area contributed by atoms with Gasteiger partial charge in [-0.15, -0.1) is 0 Å². The van der Waals surface area contributed by atoms with Crippen LogP contribution in [-0.2, 0) is 14.3 Å². The number of hydrogen-bond acceptors (Lipinski definition) is 5. The lowest BCUT2D eigenvalue weighted by Gasteiger charge is -2.17. The molecule has 1 aromatic rings. The van der Waals surface area contributed by atoms with Crippen LogP contribution in [0.1, 0.15) is 24.3 Å². The second-order valence-electron chi connectivity index (χ2n) is 3.69. The summed E-state index contributed by atoms with van der Waals surface area (Å²) < 4.78 is 10.3. The van der Waals surface area contributed by atoms with E-state index in [9.17, 15) is 4.79 Å². The fraction of sp³-hybridized carbons (Fsp3) is 0.417. The van der Waals surface area contributed by atoms with Crippen molar-refractivity contribution in [1.82, 2.24) is 4.98 Å². The maximum absolute atomic E-state index is 11.7. The summed E-state index contributed by atoms with van der Waals surface area (Å²) in [6.45, 7) is 3.98. The fourth-order valence-electron chi connectivity index (χ4n) is 1.77. The zero-order valence-electron chi connectivity index (χ0n) is 9.79. The van der Waals surface area contributed by atoms with Gasteiger partial charge in [-0.1, -0.05) is 6.07 Å². The second-order valence-corrected chi connectivity index (χ2v) is 3.69. The van der Waals surface area contributed by atoms with E-state index < -0.39 is 12.1 Å². The fourth-order valence-corrected chi connectivity index (χ4v) is 1.77. The number of nitrogens with zero attached hydrogens (tertiary/aromatic N) is 2. The first kappa shape index (κ1) is 11.6. The quantitative estimate of drug-likeness (QED) is 0.742. The van der Waals surface area contributed by atoms with Crippen molar-refractivity contribution in [3.8, 4) is 0 Å². The van der Waals surface area contributed by atoms with E-state index in [1.807, 2.05) is 19.1 Å². The predicted octanol–water partition coefficient (Wildman–Crippen LogP) is 1.42. The highest BCUT2D eigenvalue weighted by molar-refractivity contribution is 5.80. The molecule has 0 amide bonds. The van der Waals surface area contributed by atoms with Crippen LogP contribution in [0.4, 0.5) is 0 Å². The molecule has 1 aliphatic rings. The smallest absolute Gasteiger partial charge is 0.335 e. The number of esters is 1. The third-order valence-corrected chi connectivity index (χ3v) is 2.60. The molecule has 0 bridgehead atoms. The topological polar surface area (TPSA) is 60.8 Å². The number of carbonyl (C=O) groups is 1. The summed E-state index contributed by atoms with van der Waals surface area (Å²) in [7, 11) is 0. The number of hydrogen-bond donors (Lipinski definition) is 0. The molecule has 0 saturated heterocycles. The van der Waals surface area contributed by atoms with Gasteiger partial charge in [-0.05, 0) is 19.9 Å². The molecule has 0 unspecified atom stereocenters. The SMILES string of the molecule is CCOC(=O)[C@H]1N=CO[C@@H]1c1cccnc1C. The van der Waals surface area contributed by atoms with E-state index >= 15 is 0 Å². The van der Waals surface area contributed by atoms with Crippen molar-refractivity contribution in [2.24, 2.45) is 4.99 Å². The van der Waals surface area contributed by atoms with Crippen molar-refractivity contribution in [2.75, 3.05) is 6.61 Å². The first-order valence-corrected chi connectivity index (χ1v) is 5.49. The molecule has 0 aliphatic carbocycles. The van der Waals surface area contributed by atoms with Crippen LogP contribution in [0, 0.1) is 6.92 Å². The summed E-state index contributed by atoms with van der Waals surface area (Å²) in [5.41, 5.74) is 1.69. The molecule has 2 rings (SSSR count). The normalized spacial score (nSPS) is 22.2. The van der Waals surface area contributed by atoms with E-state index in [-0.39, 0.29) is 5.97 Å². The number of aliphatic imine (C=N–C) groups is 1. The molecule has 2 heterocycles. The van der Waals surface area contributed by atoms with Crippen LogP contribution in [0.5, 0.6) is 0 Å². The van der Waals surface area contributed by atoms with Crippen molar-refractivity contribution in [1.29, 1.82) is 0 Å². The Morgan fingerprint density at radius 2 is 2.41 bits per heavy atom. The summed E-state index contributed by atoms with van der Waals surface area (Å²) in [5, 5.41) is 0. The average Bonchev–Trinajstić information content (AvgIpc) is 2.79. The Kier molecular flexibility index (Phi) is 3.37. The molecule has 0 saturated carbocycles. The van der Waals surface area contributed by atoms with Gasteiger partial charge in [0.15, 0.2) is 18.5 Å². The third-order valence-electron chi connectivity index (χ3n) is 2.60. The van der Waals surface area contributed by atoms with Crippen molar-refractivity contribution < 1.29 is 14.3 Å².